The van der Waals surface area contributed by atoms with Gasteiger partial charge in [-0.1, -0.05) is 11.6 Å². The van der Waals surface area contributed by atoms with Gasteiger partial charge >= 0.3 is 6.18 Å². The van der Waals surface area contributed by atoms with E-state index >= 15 is 0 Å². The third-order valence-corrected chi connectivity index (χ3v) is 4.23. The van der Waals surface area contributed by atoms with E-state index in [4.69, 9.17) is 11.6 Å². The summed E-state index contributed by atoms with van der Waals surface area (Å²) in [6.45, 7) is 2.89. The lowest BCUT2D eigenvalue weighted by Crippen LogP contribution is -2.22. The van der Waals surface area contributed by atoms with Crippen LogP contribution in [-0.4, -0.2) is 13.7 Å². The highest BCUT2D eigenvalue weighted by molar-refractivity contribution is 7.93. The summed E-state index contributed by atoms with van der Waals surface area (Å²) in [6.07, 6.45) is -4.51. The molecule has 1 N–H and O–H groups in total. The van der Waals surface area contributed by atoms with E-state index in [0.717, 1.165) is 12.1 Å². The molecule has 0 bridgehead atoms. The first-order valence-corrected chi connectivity index (χ1v) is 6.85. The van der Waals surface area contributed by atoms with E-state index in [1.165, 1.54) is 13.8 Å². The van der Waals surface area contributed by atoms with Gasteiger partial charge in [-0.05, 0) is 32.0 Å². The molecule has 18 heavy (non-hydrogen) atoms. The van der Waals surface area contributed by atoms with E-state index in [-0.39, 0.29) is 10.7 Å². The predicted octanol–water partition coefficient (Wildman–Crippen LogP) is 3.51. The number of nitrogens with one attached hydrogen (secondary N) is 1. The summed E-state index contributed by atoms with van der Waals surface area (Å²) in [7, 11) is -3.64. The summed E-state index contributed by atoms with van der Waals surface area (Å²) in [6, 6.07) is 2.44. The van der Waals surface area contributed by atoms with Gasteiger partial charge in [0.25, 0.3) is 0 Å². The highest BCUT2D eigenvalue weighted by Crippen LogP contribution is 2.34. The van der Waals surface area contributed by atoms with Gasteiger partial charge in [0.15, 0.2) is 0 Å². The molecule has 0 saturated heterocycles. The molecule has 0 radical (unpaired) electrons. The van der Waals surface area contributed by atoms with Crippen LogP contribution in [0, 0.1) is 0 Å². The number of hydrogen-bond donors (Lipinski definition) is 1. The Balaban J connectivity index is 3.09. The lowest BCUT2D eigenvalue weighted by molar-refractivity contribution is -0.137. The van der Waals surface area contributed by atoms with Crippen LogP contribution in [0.3, 0.4) is 0 Å². The highest BCUT2D eigenvalue weighted by atomic mass is 35.5. The molecule has 0 aliphatic heterocycles. The van der Waals surface area contributed by atoms with Crippen molar-refractivity contribution >= 4 is 27.3 Å². The van der Waals surface area contributed by atoms with Gasteiger partial charge in [-0.25, -0.2) is 8.42 Å². The second-order valence-corrected chi connectivity index (χ2v) is 6.53. The number of hydrogen-bond acceptors (Lipinski definition) is 2. The molecule has 8 heteroatoms. The van der Waals surface area contributed by atoms with E-state index in [2.05, 4.69) is 4.72 Å². The Morgan fingerprint density at radius 1 is 1.28 bits per heavy atom. The number of alkyl halides is 3. The molecule has 0 aliphatic rings. The van der Waals surface area contributed by atoms with Crippen LogP contribution in [0.25, 0.3) is 0 Å². The van der Waals surface area contributed by atoms with Crippen LogP contribution >= 0.6 is 11.6 Å². The summed E-state index contributed by atoms with van der Waals surface area (Å²) >= 11 is 5.62. The predicted molar refractivity (Wildman–Crippen MR) is 64.1 cm³/mol. The van der Waals surface area contributed by atoms with Crippen molar-refractivity contribution in [2.75, 3.05) is 4.72 Å². The molecule has 0 fully saturated rings. The van der Waals surface area contributed by atoms with Crippen molar-refractivity contribution in [2.24, 2.45) is 0 Å². The molecular weight excluding hydrogens is 291 g/mol. The molecule has 0 heterocycles. The Morgan fingerprint density at radius 2 is 1.83 bits per heavy atom. The lowest BCUT2D eigenvalue weighted by atomic mass is 10.2. The molecule has 1 rings (SSSR count). The van der Waals surface area contributed by atoms with Crippen molar-refractivity contribution in [3.05, 3.63) is 28.8 Å². The van der Waals surface area contributed by atoms with Gasteiger partial charge in [-0.15, -0.1) is 0 Å². The van der Waals surface area contributed by atoms with E-state index < -0.39 is 27.0 Å². The Kier molecular flexibility index (Phi) is 4.17. The second kappa shape index (κ2) is 4.97. The van der Waals surface area contributed by atoms with Gasteiger partial charge in [0.2, 0.25) is 10.0 Å². The minimum absolute atomic E-state index is 0.0710. The number of rotatable bonds is 3. The van der Waals surface area contributed by atoms with Crippen LogP contribution < -0.4 is 4.72 Å². The summed E-state index contributed by atoms with van der Waals surface area (Å²) in [5.74, 6) is 0. The van der Waals surface area contributed by atoms with Crippen LogP contribution in [0.2, 0.25) is 5.02 Å². The Labute approximate surface area is 108 Å². The van der Waals surface area contributed by atoms with Crippen molar-refractivity contribution in [3.63, 3.8) is 0 Å². The third kappa shape index (κ3) is 3.52. The average Bonchev–Trinajstić information content (AvgIpc) is 2.19. The first kappa shape index (κ1) is 15.1. The minimum Gasteiger partial charge on any atom is -0.282 e. The number of anilines is 1. The maximum Gasteiger partial charge on any atom is 0.416 e. The number of sulfonamides is 1. The van der Waals surface area contributed by atoms with Gasteiger partial charge in [0.05, 0.1) is 21.5 Å². The Hall–Kier alpha value is -0.950. The van der Waals surface area contributed by atoms with Crippen molar-refractivity contribution < 1.29 is 21.6 Å². The van der Waals surface area contributed by atoms with Crippen molar-refractivity contribution in [3.8, 4) is 0 Å². The first-order chi connectivity index (χ1) is 8.04. The van der Waals surface area contributed by atoms with E-state index in [9.17, 15) is 21.6 Å². The average molecular weight is 302 g/mol. The minimum atomic E-state index is -4.51. The fraction of sp³-hybridized carbons (Fsp3) is 0.400. The highest BCUT2D eigenvalue weighted by Gasteiger charge is 2.31. The summed E-state index contributed by atoms with van der Waals surface area (Å²) in [5, 5.41) is -1.01. The smallest absolute Gasteiger partial charge is 0.282 e. The zero-order valence-corrected chi connectivity index (χ0v) is 11.1. The molecule has 0 aromatic heterocycles. The van der Waals surface area contributed by atoms with Crippen LogP contribution in [0.4, 0.5) is 18.9 Å². The van der Waals surface area contributed by atoms with Gasteiger partial charge in [0, 0.05) is 0 Å². The molecule has 1 aromatic carbocycles. The van der Waals surface area contributed by atoms with Crippen LogP contribution in [-0.2, 0) is 16.2 Å². The summed E-state index contributed by atoms with van der Waals surface area (Å²) in [5.41, 5.74) is -1.00. The molecule has 3 nitrogen and oxygen atoms in total. The Bertz CT molecular complexity index is 541. The quantitative estimate of drug-likeness (QED) is 0.928. The fourth-order valence-corrected chi connectivity index (χ4v) is 2.05. The van der Waals surface area contributed by atoms with Gasteiger partial charge in [-0.3, -0.25) is 4.72 Å². The summed E-state index contributed by atoms with van der Waals surface area (Å²) in [4.78, 5) is 0. The normalized spacial score (nSPS) is 12.8. The first-order valence-electron chi connectivity index (χ1n) is 4.92. The summed E-state index contributed by atoms with van der Waals surface area (Å²) < 4.78 is 62.3. The second-order valence-electron chi connectivity index (χ2n) is 3.89. The maximum absolute atomic E-state index is 12.4. The van der Waals surface area contributed by atoms with Crippen LogP contribution in [0.5, 0.6) is 0 Å². The molecule has 0 aliphatic carbocycles. The van der Waals surface area contributed by atoms with E-state index in [1.54, 1.807) is 0 Å². The Morgan fingerprint density at radius 3 is 2.22 bits per heavy atom. The van der Waals surface area contributed by atoms with Crippen molar-refractivity contribution in [1.29, 1.82) is 0 Å². The molecule has 0 spiro atoms. The van der Waals surface area contributed by atoms with Gasteiger partial charge < -0.3 is 0 Å². The SMILES string of the molecule is CC(C)S(=O)(=O)Nc1ccc(C(F)(F)F)cc1Cl. The van der Waals surface area contributed by atoms with E-state index in [1.807, 2.05) is 0 Å². The zero-order valence-electron chi connectivity index (χ0n) is 9.55. The van der Waals surface area contributed by atoms with Crippen LogP contribution in [0.1, 0.15) is 19.4 Å². The zero-order chi connectivity index (χ0) is 14.1. The third-order valence-electron chi connectivity index (χ3n) is 2.17. The maximum atomic E-state index is 12.4. The molecule has 0 saturated carbocycles. The molecule has 0 atom stereocenters. The topological polar surface area (TPSA) is 46.2 Å². The number of halogens is 4. The molecule has 0 amide bonds. The lowest BCUT2D eigenvalue weighted by Gasteiger charge is -2.13. The molecule has 0 unspecified atom stereocenters. The standard InChI is InChI=1S/C10H11ClF3NO2S/c1-6(2)18(16,17)15-9-4-3-7(5-8(9)11)10(12,13)14/h3-6,15H,1-2H3. The van der Waals surface area contributed by atoms with Gasteiger partial charge in [-0.2, -0.15) is 13.2 Å². The fourth-order valence-electron chi connectivity index (χ4n) is 1.05. The van der Waals surface area contributed by atoms with Crippen molar-refractivity contribution in [1.82, 2.24) is 0 Å². The van der Waals surface area contributed by atoms with Crippen LogP contribution in [0.15, 0.2) is 18.2 Å². The molecular formula is C10H11ClF3NO2S. The monoisotopic (exact) mass is 301 g/mol. The molecule has 102 valence electrons. The van der Waals surface area contributed by atoms with Crippen molar-refractivity contribution in [2.45, 2.75) is 25.3 Å². The number of benzene rings is 1. The molecule has 1 aromatic rings. The van der Waals surface area contributed by atoms with Gasteiger partial charge in [0.1, 0.15) is 0 Å². The largest absolute Gasteiger partial charge is 0.416 e. The van der Waals surface area contributed by atoms with E-state index in [0.29, 0.717) is 6.07 Å².